The number of carbonyl (C=O) groups is 1. The maximum Gasteiger partial charge on any atom is 0.416 e. The summed E-state index contributed by atoms with van der Waals surface area (Å²) in [4.78, 5) is 14.5. The van der Waals surface area contributed by atoms with Gasteiger partial charge in [0.25, 0.3) is 0 Å². The highest BCUT2D eigenvalue weighted by molar-refractivity contribution is 5.87. The van der Waals surface area contributed by atoms with E-state index in [2.05, 4.69) is 36.3 Å². The molecule has 0 bridgehead atoms. The van der Waals surface area contributed by atoms with E-state index in [0.717, 1.165) is 17.8 Å². The average Bonchev–Trinajstić information content (AvgIpc) is 3.39. The van der Waals surface area contributed by atoms with E-state index >= 15 is 0 Å². The molecule has 6 atom stereocenters. The zero-order chi connectivity index (χ0) is 26.5. The van der Waals surface area contributed by atoms with Crippen LogP contribution in [0.1, 0.15) is 30.9 Å². The summed E-state index contributed by atoms with van der Waals surface area (Å²) < 4.78 is 28.7. The predicted octanol–water partition coefficient (Wildman–Crippen LogP) is 4.34. The van der Waals surface area contributed by atoms with E-state index in [1.807, 2.05) is 49.3 Å². The molecular weight excluding hydrogens is 474 g/mol. The Hall–Kier alpha value is -2.98. The lowest BCUT2D eigenvalue weighted by atomic mass is 9.99. The molecule has 9 nitrogen and oxygen atoms in total. The van der Waals surface area contributed by atoms with Crippen molar-refractivity contribution in [2.75, 3.05) is 44.3 Å². The van der Waals surface area contributed by atoms with Crippen LogP contribution < -0.4 is 9.91 Å². The molecule has 1 unspecified atom stereocenters. The topological polar surface area (TPSA) is 82.1 Å². The van der Waals surface area contributed by atoms with Crippen molar-refractivity contribution in [1.82, 2.24) is 0 Å². The number of hydrazone groups is 1. The number of rotatable bonds is 8. The molecule has 1 fully saturated rings. The van der Waals surface area contributed by atoms with Crippen molar-refractivity contribution >= 4 is 23.7 Å². The van der Waals surface area contributed by atoms with Crippen LogP contribution >= 0.6 is 0 Å². The molecule has 200 valence electrons. The molecule has 0 N–H and O–H groups in total. The summed E-state index contributed by atoms with van der Waals surface area (Å²) in [5.74, 6) is 0.163. The van der Waals surface area contributed by atoms with Gasteiger partial charge in [-0.25, -0.2) is 4.79 Å². The molecule has 9 heteroatoms. The molecule has 2 aromatic carbocycles. The van der Waals surface area contributed by atoms with Gasteiger partial charge in [-0.05, 0) is 50.6 Å². The highest BCUT2D eigenvalue weighted by Crippen LogP contribution is 2.30. The van der Waals surface area contributed by atoms with Crippen molar-refractivity contribution in [2.45, 2.75) is 57.4 Å². The number of amides is 1. The van der Waals surface area contributed by atoms with E-state index in [4.69, 9.17) is 23.7 Å². The third-order valence-corrected chi connectivity index (χ3v) is 6.92. The summed E-state index contributed by atoms with van der Waals surface area (Å²) in [6.45, 7) is 7.07. The Morgan fingerprint density at radius 3 is 2.35 bits per heavy atom. The van der Waals surface area contributed by atoms with Crippen molar-refractivity contribution in [3.8, 4) is 0 Å². The fourth-order valence-electron chi connectivity index (χ4n) is 4.77. The lowest BCUT2D eigenvalue weighted by molar-refractivity contribution is -0.292. The first-order valence-corrected chi connectivity index (χ1v) is 12.6. The van der Waals surface area contributed by atoms with Crippen LogP contribution in [-0.2, 0) is 23.7 Å². The van der Waals surface area contributed by atoms with Gasteiger partial charge in [-0.15, -0.1) is 0 Å². The number of methoxy groups -OCH3 is 2. The summed E-state index contributed by atoms with van der Waals surface area (Å²) in [5, 5.41) is 6.58. The number of aryl methyl sites for hydroxylation is 1. The molecule has 1 amide bonds. The van der Waals surface area contributed by atoms with Gasteiger partial charge in [0.15, 0.2) is 0 Å². The summed E-state index contributed by atoms with van der Waals surface area (Å²) in [7, 11) is 4.81. The van der Waals surface area contributed by atoms with Gasteiger partial charge in [0.2, 0.25) is 6.29 Å². The number of carbonyl (C=O) groups excluding carboxylic acids is 1. The highest BCUT2D eigenvalue weighted by Gasteiger charge is 2.47. The van der Waals surface area contributed by atoms with Gasteiger partial charge in [-0.3, -0.25) is 9.91 Å². The van der Waals surface area contributed by atoms with Gasteiger partial charge >= 0.3 is 6.09 Å². The third kappa shape index (κ3) is 5.96. The van der Waals surface area contributed by atoms with Crippen LogP contribution in [0.25, 0.3) is 0 Å². The second-order valence-electron chi connectivity index (χ2n) is 9.35. The minimum absolute atomic E-state index is 0.163. The first-order valence-electron chi connectivity index (χ1n) is 12.6. The Morgan fingerprint density at radius 2 is 1.73 bits per heavy atom. The highest BCUT2D eigenvalue weighted by atomic mass is 16.7. The number of hydrogen-bond acceptors (Lipinski definition) is 8. The fraction of sp³-hybridized carbons (Fsp3) is 0.500. The number of hydrogen-bond donors (Lipinski definition) is 0. The second kappa shape index (κ2) is 12.0. The van der Waals surface area contributed by atoms with Crippen molar-refractivity contribution in [3.63, 3.8) is 0 Å². The van der Waals surface area contributed by atoms with E-state index in [0.29, 0.717) is 12.3 Å². The largest absolute Gasteiger partial charge is 0.416 e. The molecule has 0 saturated carbocycles. The molecular formula is C28H37N3O6. The molecule has 0 aliphatic carbocycles. The fourth-order valence-corrected chi connectivity index (χ4v) is 4.77. The van der Waals surface area contributed by atoms with Gasteiger partial charge in [-0.1, -0.05) is 29.8 Å². The standard InChI is InChI=1S/C28H37N3O6/c1-7-35-25-24(33-5)19(3)36-27(26(25)34-6)37-28(32)30(4)22-14-10-20(11-15-22)21-16-29-31(17-21)23-12-8-18(2)9-13-23/h8-16,19,21,24-27H,7,17H2,1-6H3/t19-,21?,24-,25+,26+,27-/m0/s1. The minimum atomic E-state index is -0.931. The van der Waals surface area contributed by atoms with E-state index in [1.165, 1.54) is 17.6 Å². The smallest absolute Gasteiger partial charge is 0.416 e. The maximum atomic E-state index is 13.0. The first-order chi connectivity index (χ1) is 17.9. The number of nitrogens with zero attached hydrogens (tertiary/aromatic N) is 3. The maximum absolute atomic E-state index is 13.0. The van der Waals surface area contributed by atoms with Crippen LogP contribution in [-0.4, -0.2) is 77.4 Å². The van der Waals surface area contributed by atoms with Gasteiger partial charge in [-0.2, -0.15) is 5.10 Å². The molecule has 4 rings (SSSR count). The van der Waals surface area contributed by atoms with Crippen molar-refractivity contribution in [3.05, 3.63) is 59.7 Å². The van der Waals surface area contributed by atoms with E-state index in [-0.39, 0.29) is 18.1 Å². The van der Waals surface area contributed by atoms with Crippen LogP contribution in [0.5, 0.6) is 0 Å². The van der Waals surface area contributed by atoms with Crippen molar-refractivity contribution in [2.24, 2.45) is 5.10 Å². The number of anilines is 2. The van der Waals surface area contributed by atoms with Gasteiger partial charge in [0, 0.05) is 45.7 Å². The molecule has 37 heavy (non-hydrogen) atoms. The monoisotopic (exact) mass is 511 g/mol. The van der Waals surface area contributed by atoms with Gasteiger partial charge in [0.1, 0.15) is 18.3 Å². The van der Waals surface area contributed by atoms with Gasteiger partial charge in [0.05, 0.1) is 18.3 Å². The van der Waals surface area contributed by atoms with Crippen LogP contribution in [0.3, 0.4) is 0 Å². The molecule has 2 aromatic rings. The third-order valence-electron chi connectivity index (χ3n) is 6.92. The Labute approximate surface area is 218 Å². The molecule has 1 saturated heterocycles. The number of benzene rings is 2. The summed E-state index contributed by atoms with van der Waals surface area (Å²) in [5.41, 5.74) is 4.11. The van der Waals surface area contributed by atoms with Crippen molar-refractivity contribution in [1.29, 1.82) is 0 Å². The van der Waals surface area contributed by atoms with Gasteiger partial charge < -0.3 is 23.7 Å². The quantitative estimate of drug-likeness (QED) is 0.522. The molecule has 2 aliphatic heterocycles. The lowest BCUT2D eigenvalue weighted by Crippen LogP contribution is -2.60. The Bertz CT molecular complexity index is 1060. The first kappa shape index (κ1) is 27.1. The van der Waals surface area contributed by atoms with Crippen molar-refractivity contribution < 1.29 is 28.5 Å². The molecule has 0 radical (unpaired) electrons. The molecule has 0 spiro atoms. The molecule has 2 heterocycles. The molecule has 2 aliphatic rings. The average molecular weight is 512 g/mol. The van der Waals surface area contributed by atoms with Crippen LogP contribution in [0.4, 0.5) is 16.2 Å². The van der Waals surface area contributed by atoms with Crippen LogP contribution in [0.2, 0.25) is 0 Å². The minimum Gasteiger partial charge on any atom is -0.416 e. The lowest BCUT2D eigenvalue weighted by Gasteiger charge is -2.43. The normalized spacial score (nSPS) is 27.4. The van der Waals surface area contributed by atoms with E-state index in [9.17, 15) is 4.79 Å². The molecule has 0 aromatic heterocycles. The predicted molar refractivity (Wildman–Crippen MR) is 142 cm³/mol. The Balaban J connectivity index is 1.38. The summed E-state index contributed by atoms with van der Waals surface area (Å²) in [6.07, 6.45) is -1.26. The Morgan fingerprint density at radius 1 is 1.05 bits per heavy atom. The number of ether oxygens (including phenoxy) is 5. The van der Waals surface area contributed by atoms with Crippen LogP contribution in [0.15, 0.2) is 53.6 Å². The second-order valence-corrected chi connectivity index (χ2v) is 9.35. The van der Waals surface area contributed by atoms with Crippen LogP contribution in [0, 0.1) is 6.92 Å². The Kier molecular flexibility index (Phi) is 8.81. The zero-order valence-electron chi connectivity index (χ0n) is 22.4. The zero-order valence-corrected chi connectivity index (χ0v) is 22.4. The summed E-state index contributed by atoms with van der Waals surface area (Å²) >= 11 is 0. The summed E-state index contributed by atoms with van der Waals surface area (Å²) in [6, 6.07) is 16.2. The van der Waals surface area contributed by atoms with E-state index < -0.39 is 24.6 Å². The van der Waals surface area contributed by atoms with E-state index in [1.54, 1.807) is 14.2 Å². The SMILES string of the molecule is CCO[C@@H]1[C@@H](OC)[C@H](C)O[C@@H](OC(=O)N(C)c2ccc(C3C=NN(c4ccc(C)cc4)C3)cc2)[C@@H]1OC.